The molecule has 2 amide bonds. The number of rotatable bonds is 4. The van der Waals surface area contributed by atoms with Crippen LogP contribution in [0.25, 0.3) is 0 Å². The number of aromatic nitrogens is 1. The smallest absolute Gasteiger partial charge is 0.270 e. The number of halogens is 1. The van der Waals surface area contributed by atoms with E-state index in [0.717, 1.165) is 0 Å². The first-order valence-electron chi connectivity index (χ1n) is 11.1. The third kappa shape index (κ3) is 5.98. The normalized spacial score (nSPS) is 15.1. The van der Waals surface area contributed by atoms with E-state index in [0.29, 0.717) is 28.5 Å². The van der Waals surface area contributed by atoms with Crippen molar-refractivity contribution in [2.24, 2.45) is 0 Å². The van der Waals surface area contributed by atoms with Gasteiger partial charge < -0.3 is 24.8 Å². The van der Waals surface area contributed by atoms with E-state index in [1.54, 1.807) is 45.2 Å². The van der Waals surface area contributed by atoms with Crippen LogP contribution in [0.2, 0.25) is 0 Å². The minimum atomic E-state index is -1.16. The third-order valence-corrected chi connectivity index (χ3v) is 5.19. The van der Waals surface area contributed by atoms with E-state index in [2.05, 4.69) is 22.1 Å². The molecule has 2 N–H and O–H groups in total. The molecule has 2 heterocycles. The van der Waals surface area contributed by atoms with Crippen molar-refractivity contribution < 1.29 is 28.6 Å². The molecule has 0 fully saturated rings. The van der Waals surface area contributed by atoms with Crippen LogP contribution in [0, 0.1) is 17.7 Å². The first-order chi connectivity index (χ1) is 17.1. The molecule has 0 unspecified atom stereocenters. The summed E-state index contributed by atoms with van der Waals surface area (Å²) in [5.41, 5.74) is -0.0256. The van der Waals surface area contributed by atoms with E-state index >= 15 is 0 Å². The number of nitrogens with one attached hydrogen (secondary N) is 1. The second-order valence-corrected chi connectivity index (χ2v) is 8.66. The summed E-state index contributed by atoms with van der Waals surface area (Å²) in [6.07, 6.45) is 1.40. The molecule has 0 radical (unpaired) electrons. The Morgan fingerprint density at radius 3 is 2.67 bits per heavy atom. The van der Waals surface area contributed by atoms with E-state index in [9.17, 15) is 19.1 Å². The Morgan fingerprint density at radius 2 is 1.94 bits per heavy atom. The van der Waals surface area contributed by atoms with Crippen LogP contribution in [0.15, 0.2) is 60.8 Å². The summed E-state index contributed by atoms with van der Waals surface area (Å²) in [6, 6.07) is 12.6. The van der Waals surface area contributed by atoms with Crippen LogP contribution in [-0.4, -0.2) is 47.2 Å². The monoisotopic (exact) mass is 489 g/mol. The fourth-order valence-corrected chi connectivity index (χ4v) is 3.37. The van der Waals surface area contributed by atoms with Gasteiger partial charge in [-0.1, -0.05) is 11.8 Å². The maximum absolute atomic E-state index is 13.1. The fourth-order valence-electron chi connectivity index (χ4n) is 3.37. The van der Waals surface area contributed by atoms with Crippen LogP contribution in [-0.2, 0) is 4.79 Å². The van der Waals surface area contributed by atoms with Crippen LogP contribution in [0.1, 0.15) is 29.9 Å². The molecule has 0 aliphatic carbocycles. The average Bonchev–Trinajstić information content (AvgIpc) is 2.96. The van der Waals surface area contributed by atoms with Crippen LogP contribution >= 0.6 is 0 Å². The molecule has 0 spiro atoms. The number of benzene rings is 2. The molecule has 1 aliphatic heterocycles. The number of anilines is 1. The van der Waals surface area contributed by atoms with Gasteiger partial charge in [-0.05, 0) is 62.4 Å². The lowest BCUT2D eigenvalue weighted by atomic mass is 10.1. The third-order valence-electron chi connectivity index (χ3n) is 5.19. The minimum absolute atomic E-state index is 0.0380. The molecular formula is C27H24FN3O5. The highest BCUT2D eigenvalue weighted by Crippen LogP contribution is 2.31. The number of nitrogens with zero attached hydrogens (tertiary/aromatic N) is 2. The van der Waals surface area contributed by atoms with Gasteiger partial charge in [0.2, 0.25) is 0 Å². The van der Waals surface area contributed by atoms with Crippen LogP contribution in [0.3, 0.4) is 0 Å². The van der Waals surface area contributed by atoms with E-state index in [1.165, 1.54) is 41.4 Å². The molecule has 0 saturated heterocycles. The van der Waals surface area contributed by atoms with Crippen molar-refractivity contribution in [2.45, 2.75) is 25.5 Å². The average molecular weight is 490 g/mol. The van der Waals surface area contributed by atoms with Gasteiger partial charge in [-0.3, -0.25) is 14.6 Å². The lowest BCUT2D eigenvalue weighted by molar-refractivity contribution is -0.120. The predicted octanol–water partition coefficient (Wildman–Crippen LogP) is 3.29. The Hall–Kier alpha value is -4.42. The largest absolute Gasteiger partial charge is 0.489 e. The number of fused-ring (bicyclic) bond motifs is 1. The minimum Gasteiger partial charge on any atom is -0.489 e. The van der Waals surface area contributed by atoms with Gasteiger partial charge in [0.1, 0.15) is 47.0 Å². The zero-order chi connectivity index (χ0) is 25.9. The molecule has 2 aromatic carbocycles. The van der Waals surface area contributed by atoms with Gasteiger partial charge in [-0.2, -0.15) is 0 Å². The Balaban J connectivity index is 1.48. The number of aliphatic hydroxyl groups is 1. The molecule has 8 nitrogen and oxygen atoms in total. The Bertz CT molecular complexity index is 1360. The van der Waals surface area contributed by atoms with Crippen molar-refractivity contribution in [3.8, 4) is 29.1 Å². The molecule has 4 rings (SSSR count). The zero-order valence-corrected chi connectivity index (χ0v) is 19.9. The van der Waals surface area contributed by atoms with E-state index in [4.69, 9.17) is 9.47 Å². The maximum Gasteiger partial charge on any atom is 0.270 e. The Labute approximate surface area is 207 Å². The highest BCUT2D eigenvalue weighted by molar-refractivity contribution is 6.03. The zero-order valence-electron chi connectivity index (χ0n) is 19.9. The first kappa shape index (κ1) is 24.7. The number of likely N-dealkylation sites (N-methyl/N-ethyl adjacent to an activating group) is 1. The van der Waals surface area contributed by atoms with Gasteiger partial charge in [0, 0.05) is 24.9 Å². The maximum atomic E-state index is 13.1. The van der Waals surface area contributed by atoms with Gasteiger partial charge in [-0.15, -0.1) is 0 Å². The summed E-state index contributed by atoms with van der Waals surface area (Å²) in [6.45, 7) is 3.08. The summed E-state index contributed by atoms with van der Waals surface area (Å²) in [5, 5.41) is 12.5. The molecular weight excluding hydrogens is 465 g/mol. The number of carbonyl (C=O) groups is 2. The summed E-state index contributed by atoms with van der Waals surface area (Å²) >= 11 is 0. The number of hydrogen-bond acceptors (Lipinski definition) is 6. The molecule has 1 aliphatic rings. The molecule has 1 aromatic heterocycles. The SMILES string of the molecule is CN1C(=O)[C@@H](NC(=O)c2cc(Oc3ccc(F)cc3)ccn2)COc2ccc(C#CC(C)(C)O)cc21. The summed E-state index contributed by atoms with van der Waals surface area (Å²) < 4.78 is 24.6. The summed E-state index contributed by atoms with van der Waals surface area (Å²) in [7, 11) is 1.58. The van der Waals surface area contributed by atoms with Crippen molar-refractivity contribution in [1.29, 1.82) is 0 Å². The second-order valence-electron chi connectivity index (χ2n) is 8.66. The van der Waals surface area contributed by atoms with Crippen molar-refractivity contribution in [1.82, 2.24) is 10.3 Å². The quantitative estimate of drug-likeness (QED) is 0.546. The second kappa shape index (κ2) is 10.1. The van der Waals surface area contributed by atoms with Crippen LogP contribution < -0.4 is 19.7 Å². The van der Waals surface area contributed by atoms with Crippen molar-refractivity contribution in [3.63, 3.8) is 0 Å². The lowest BCUT2D eigenvalue weighted by Gasteiger charge is -2.20. The predicted molar refractivity (Wildman–Crippen MR) is 130 cm³/mol. The number of carbonyl (C=O) groups excluding carboxylic acids is 2. The number of amides is 2. The topological polar surface area (TPSA) is 101 Å². The molecule has 1 atom stereocenters. The van der Waals surface area contributed by atoms with Gasteiger partial charge in [0.05, 0.1) is 5.69 Å². The number of ether oxygens (including phenoxy) is 2. The van der Waals surface area contributed by atoms with E-state index < -0.39 is 23.4 Å². The van der Waals surface area contributed by atoms with Crippen LogP contribution in [0.5, 0.6) is 17.2 Å². The van der Waals surface area contributed by atoms with Gasteiger partial charge in [-0.25, -0.2) is 4.39 Å². The Kier molecular flexibility index (Phi) is 6.90. The van der Waals surface area contributed by atoms with Gasteiger partial charge >= 0.3 is 0 Å². The summed E-state index contributed by atoms with van der Waals surface area (Å²) in [5.74, 6) is 5.44. The molecule has 9 heteroatoms. The van der Waals surface area contributed by atoms with E-state index in [1.807, 2.05) is 0 Å². The highest BCUT2D eigenvalue weighted by atomic mass is 19.1. The first-order valence-corrected chi connectivity index (χ1v) is 11.1. The molecule has 0 bridgehead atoms. The van der Waals surface area contributed by atoms with Crippen molar-refractivity contribution in [2.75, 3.05) is 18.6 Å². The molecule has 0 saturated carbocycles. The summed E-state index contributed by atoms with van der Waals surface area (Å²) in [4.78, 5) is 31.5. The van der Waals surface area contributed by atoms with E-state index in [-0.39, 0.29) is 18.2 Å². The molecule has 184 valence electrons. The van der Waals surface area contributed by atoms with Gasteiger partial charge in [0.25, 0.3) is 11.8 Å². The number of pyridine rings is 1. The number of hydrogen-bond donors (Lipinski definition) is 2. The lowest BCUT2D eigenvalue weighted by Crippen LogP contribution is -2.49. The van der Waals surface area contributed by atoms with Gasteiger partial charge in [0.15, 0.2) is 0 Å². The molecule has 3 aromatic rings. The Morgan fingerprint density at radius 1 is 1.19 bits per heavy atom. The highest BCUT2D eigenvalue weighted by Gasteiger charge is 2.31. The van der Waals surface area contributed by atoms with Crippen LogP contribution in [0.4, 0.5) is 10.1 Å². The molecule has 36 heavy (non-hydrogen) atoms. The fraction of sp³-hybridized carbons (Fsp3) is 0.222. The standard InChI is InChI=1S/C27H24FN3O5/c1-27(2,34)12-10-17-4-9-24-23(14-17)31(3)26(33)22(16-35-24)30-25(32)21-15-20(11-13-29-21)36-19-7-5-18(28)6-8-19/h4-9,11,13-15,22,34H,16H2,1-3H3,(H,30,32)/t22-/m0/s1. The van der Waals surface area contributed by atoms with Crippen molar-refractivity contribution in [3.05, 3.63) is 77.9 Å². The van der Waals surface area contributed by atoms with Crippen molar-refractivity contribution >= 4 is 17.5 Å².